The van der Waals surface area contributed by atoms with Gasteiger partial charge in [0.2, 0.25) is 0 Å². The molecule has 1 aliphatic rings. The molecule has 4 aromatic rings. The van der Waals surface area contributed by atoms with Gasteiger partial charge in [0.25, 0.3) is 5.91 Å². The van der Waals surface area contributed by atoms with Gasteiger partial charge in [-0.25, -0.2) is 9.78 Å². The van der Waals surface area contributed by atoms with Crippen molar-refractivity contribution in [3.8, 4) is 22.6 Å². The van der Waals surface area contributed by atoms with E-state index in [2.05, 4.69) is 10.2 Å². The predicted molar refractivity (Wildman–Crippen MR) is 132 cm³/mol. The van der Waals surface area contributed by atoms with E-state index in [9.17, 15) is 14.7 Å². The van der Waals surface area contributed by atoms with Crippen LogP contribution in [0.15, 0.2) is 60.9 Å². The summed E-state index contributed by atoms with van der Waals surface area (Å²) in [7, 11) is 0. The molecule has 8 nitrogen and oxygen atoms in total. The first-order valence-electron chi connectivity index (χ1n) is 11.6. The Kier molecular flexibility index (Phi) is 5.64. The van der Waals surface area contributed by atoms with Gasteiger partial charge in [-0.05, 0) is 66.8 Å². The predicted octanol–water partition coefficient (Wildman–Crippen LogP) is 5.01. The highest BCUT2D eigenvalue weighted by atomic mass is 16.4. The van der Waals surface area contributed by atoms with Crippen molar-refractivity contribution in [2.24, 2.45) is 0 Å². The maximum Gasteiger partial charge on any atom is 0.335 e. The smallest absolute Gasteiger partial charge is 0.335 e. The van der Waals surface area contributed by atoms with E-state index in [4.69, 9.17) is 4.98 Å². The van der Waals surface area contributed by atoms with Gasteiger partial charge >= 0.3 is 5.97 Å². The number of rotatable bonds is 6. The molecule has 0 unspecified atom stereocenters. The number of benzene rings is 2. The number of carboxylic acids is 1. The van der Waals surface area contributed by atoms with E-state index < -0.39 is 5.97 Å². The molecule has 1 amide bonds. The van der Waals surface area contributed by atoms with Crippen molar-refractivity contribution >= 4 is 17.7 Å². The van der Waals surface area contributed by atoms with Crippen molar-refractivity contribution in [1.29, 1.82) is 0 Å². The van der Waals surface area contributed by atoms with E-state index in [1.54, 1.807) is 17.3 Å². The Morgan fingerprint density at radius 1 is 1.09 bits per heavy atom. The number of hydrogen-bond acceptors (Lipinski definition) is 5. The highest BCUT2D eigenvalue weighted by Gasteiger charge is 2.30. The van der Waals surface area contributed by atoms with Gasteiger partial charge in [-0.15, -0.1) is 10.2 Å². The van der Waals surface area contributed by atoms with Crippen LogP contribution in [0.25, 0.3) is 22.6 Å². The number of amides is 1. The lowest BCUT2D eigenvalue weighted by atomic mass is 9.96. The van der Waals surface area contributed by atoms with Crippen molar-refractivity contribution in [3.63, 3.8) is 0 Å². The van der Waals surface area contributed by atoms with E-state index in [0.29, 0.717) is 35.9 Å². The van der Waals surface area contributed by atoms with Gasteiger partial charge in [-0.2, -0.15) is 0 Å². The third-order valence-corrected chi connectivity index (χ3v) is 6.34. The molecule has 176 valence electrons. The number of aryl methyl sites for hydroxylation is 1. The van der Waals surface area contributed by atoms with Crippen LogP contribution < -0.4 is 4.90 Å². The number of aromatic carboxylic acids is 1. The Balaban J connectivity index is 1.47. The number of carbonyl (C=O) groups is 2. The zero-order chi connectivity index (χ0) is 24.7. The second kappa shape index (κ2) is 8.79. The fourth-order valence-corrected chi connectivity index (χ4v) is 4.43. The zero-order valence-electron chi connectivity index (χ0n) is 19.8. The highest BCUT2D eigenvalue weighted by molar-refractivity contribution is 6.10. The molecule has 0 radical (unpaired) electrons. The second-order valence-electron chi connectivity index (χ2n) is 8.83. The van der Waals surface area contributed by atoms with Crippen LogP contribution in [0.5, 0.6) is 0 Å². The fourth-order valence-electron chi connectivity index (χ4n) is 4.43. The first kappa shape index (κ1) is 22.5. The summed E-state index contributed by atoms with van der Waals surface area (Å²) >= 11 is 0. The average Bonchev–Trinajstić information content (AvgIpc) is 3.49. The van der Waals surface area contributed by atoms with E-state index in [1.807, 2.05) is 73.9 Å². The molecule has 2 aromatic carbocycles. The molecule has 0 spiro atoms. The van der Waals surface area contributed by atoms with Crippen molar-refractivity contribution in [2.45, 2.75) is 39.8 Å². The average molecular weight is 468 g/mol. The molecule has 3 heterocycles. The van der Waals surface area contributed by atoms with Crippen LogP contribution >= 0.6 is 0 Å². The van der Waals surface area contributed by atoms with E-state index in [-0.39, 0.29) is 17.5 Å². The second-order valence-corrected chi connectivity index (χ2v) is 8.83. The molecule has 0 bridgehead atoms. The number of pyridine rings is 1. The van der Waals surface area contributed by atoms with E-state index in [0.717, 1.165) is 22.3 Å². The molecule has 0 saturated carbocycles. The van der Waals surface area contributed by atoms with Gasteiger partial charge in [0.15, 0.2) is 5.82 Å². The Bertz CT molecular complexity index is 1460. The summed E-state index contributed by atoms with van der Waals surface area (Å²) in [5.41, 5.74) is 4.78. The van der Waals surface area contributed by atoms with Crippen LogP contribution in [0, 0.1) is 0 Å². The first-order chi connectivity index (χ1) is 16.9. The summed E-state index contributed by atoms with van der Waals surface area (Å²) in [5, 5.41) is 17.8. The number of nitrogens with zero attached hydrogens (tertiary/aromatic N) is 5. The maximum absolute atomic E-state index is 13.4. The zero-order valence-corrected chi connectivity index (χ0v) is 19.8. The van der Waals surface area contributed by atoms with Crippen LogP contribution in [0.4, 0.5) is 5.82 Å². The topological polar surface area (TPSA) is 101 Å². The van der Waals surface area contributed by atoms with Crippen LogP contribution in [0.1, 0.15) is 58.7 Å². The number of carboxylic acid groups (broad SMARTS) is 1. The Labute approximate surface area is 202 Å². The van der Waals surface area contributed by atoms with Gasteiger partial charge in [-0.1, -0.05) is 37.3 Å². The number of hydrogen-bond donors (Lipinski definition) is 1. The lowest BCUT2D eigenvalue weighted by molar-refractivity contribution is 0.0695. The molecule has 0 aliphatic carbocycles. The number of anilines is 1. The molecule has 0 atom stereocenters. The Morgan fingerprint density at radius 3 is 2.60 bits per heavy atom. The van der Waals surface area contributed by atoms with Crippen LogP contribution in [0.2, 0.25) is 0 Å². The first-order valence-corrected chi connectivity index (χ1v) is 11.6. The lowest BCUT2D eigenvalue weighted by Crippen LogP contribution is -2.24. The van der Waals surface area contributed by atoms with Crippen molar-refractivity contribution in [3.05, 3.63) is 83.2 Å². The minimum Gasteiger partial charge on any atom is -0.478 e. The highest BCUT2D eigenvalue weighted by Crippen LogP contribution is 2.32. The van der Waals surface area contributed by atoms with Crippen LogP contribution in [-0.4, -0.2) is 36.7 Å². The molecule has 2 aromatic heterocycles. The maximum atomic E-state index is 13.4. The lowest BCUT2D eigenvalue weighted by Gasteiger charge is -2.16. The van der Waals surface area contributed by atoms with E-state index >= 15 is 0 Å². The molecule has 0 fully saturated rings. The summed E-state index contributed by atoms with van der Waals surface area (Å²) < 4.78 is 1.94. The molecule has 1 aliphatic heterocycles. The molecule has 5 rings (SSSR count). The standard InChI is InChI=1S/C27H25N5O3/c1-4-17-8-9-19(13-22(17)27(34)35)18-10-11-20-14-31(26(33)21(20)12-18)24-7-5-6-23(29-24)25-30-28-15-32(25)16(2)3/h5-13,15-16H,4,14H2,1-3H3,(H,34,35). The van der Waals surface area contributed by atoms with E-state index in [1.165, 1.54) is 0 Å². The quantitative estimate of drug-likeness (QED) is 0.428. The van der Waals surface area contributed by atoms with Crippen molar-refractivity contribution in [2.75, 3.05) is 4.90 Å². The number of carbonyl (C=O) groups excluding carboxylic acids is 1. The third-order valence-electron chi connectivity index (χ3n) is 6.34. The monoisotopic (exact) mass is 467 g/mol. The summed E-state index contributed by atoms with van der Waals surface area (Å²) in [6.45, 7) is 6.44. The number of aromatic nitrogens is 4. The minimum atomic E-state index is -0.952. The van der Waals surface area contributed by atoms with Crippen molar-refractivity contribution in [1.82, 2.24) is 19.7 Å². The summed E-state index contributed by atoms with van der Waals surface area (Å²) in [4.78, 5) is 31.5. The molecule has 1 N–H and O–H groups in total. The van der Waals surface area contributed by atoms with Crippen LogP contribution in [0.3, 0.4) is 0 Å². The normalized spacial score (nSPS) is 12.9. The van der Waals surface area contributed by atoms with Crippen molar-refractivity contribution < 1.29 is 14.7 Å². The van der Waals surface area contributed by atoms with Gasteiger partial charge in [0.1, 0.15) is 17.8 Å². The largest absolute Gasteiger partial charge is 0.478 e. The molecular weight excluding hydrogens is 442 g/mol. The Morgan fingerprint density at radius 2 is 1.86 bits per heavy atom. The minimum absolute atomic E-state index is 0.138. The van der Waals surface area contributed by atoms with Gasteiger partial charge in [-0.3, -0.25) is 9.69 Å². The summed E-state index contributed by atoms with van der Waals surface area (Å²) in [5.74, 6) is 0.105. The molecular formula is C27H25N5O3. The summed E-state index contributed by atoms with van der Waals surface area (Å²) in [6, 6.07) is 16.8. The fraction of sp³-hybridized carbons (Fsp3) is 0.222. The van der Waals surface area contributed by atoms with Crippen LogP contribution in [-0.2, 0) is 13.0 Å². The number of fused-ring (bicyclic) bond motifs is 1. The SMILES string of the molecule is CCc1ccc(-c2ccc3c(c2)C(=O)N(c2cccc(-c4nncn4C(C)C)n2)C3)cc1C(=O)O. The molecule has 0 saturated heterocycles. The van der Waals surface area contributed by atoms with Gasteiger partial charge < -0.3 is 9.67 Å². The molecule has 35 heavy (non-hydrogen) atoms. The van der Waals surface area contributed by atoms with Gasteiger partial charge in [0, 0.05) is 11.6 Å². The summed E-state index contributed by atoms with van der Waals surface area (Å²) in [6.07, 6.45) is 2.31. The van der Waals surface area contributed by atoms with Gasteiger partial charge in [0.05, 0.1) is 12.1 Å². The Hall–Kier alpha value is -4.33. The molecule has 8 heteroatoms. The third kappa shape index (κ3) is 3.97.